The second kappa shape index (κ2) is 8.27. The minimum atomic E-state index is -1.37. The summed E-state index contributed by atoms with van der Waals surface area (Å²) < 4.78 is 7.02. The van der Waals surface area contributed by atoms with Gasteiger partial charge in [-0.05, 0) is 42.7 Å². The van der Waals surface area contributed by atoms with Crippen LogP contribution in [0.4, 0.5) is 0 Å². The molecule has 3 aromatic rings. The maximum Gasteiger partial charge on any atom is 0.339 e. The summed E-state index contributed by atoms with van der Waals surface area (Å²) in [6.45, 7) is 4.47. The molecule has 0 fully saturated rings. The SMILES string of the molecule is CCOC(=O)C(O)c1ccc2c(c1)c(CC(N)=O)c(C)n2Cc1ccccc1. The molecule has 6 nitrogen and oxygen atoms in total. The first-order valence-corrected chi connectivity index (χ1v) is 9.21. The topological polar surface area (TPSA) is 94.6 Å². The second-order valence-corrected chi connectivity index (χ2v) is 6.71. The molecule has 0 spiro atoms. The van der Waals surface area contributed by atoms with Gasteiger partial charge in [-0.2, -0.15) is 0 Å². The largest absolute Gasteiger partial charge is 0.464 e. The molecule has 146 valence electrons. The van der Waals surface area contributed by atoms with E-state index in [2.05, 4.69) is 4.57 Å². The highest BCUT2D eigenvalue weighted by Crippen LogP contribution is 2.30. The standard InChI is InChI=1S/C22H24N2O4/c1-3-28-22(27)21(26)16-9-10-19-18(11-16)17(12-20(23)25)14(2)24(19)13-15-7-5-4-6-8-15/h4-11,21,26H,3,12-13H2,1-2H3,(H2,23,25). The third kappa shape index (κ3) is 3.92. The number of aliphatic hydroxyl groups is 1. The Labute approximate surface area is 163 Å². The van der Waals surface area contributed by atoms with Crippen molar-refractivity contribution in [2.45, 2.75) is 32.9 Å². The number of benzene rings is 2. The number of amides is 1. The number of esters is 1. The molecule has 0 aliphatic rings. The van der Waals surface area contributed by atoms with Gasteiger partial charge in [0, 0.05) is 23.1 Å². The van der Waals surface area contributed by atoms with Crippen molar-refractivity contribution in [3.8, 4) is 0 Å². The zero-order valence-corrected chi connectivity index (χ0v) is 16.0. The van der Waals surface area contributed by atoms with Crippen LogP contribution in [-0.2, 0) is 27.3 Å². The van der Waals surface area contributed by atoms with Crippen LogP contribution < -0.4 is 5.73 Å². The van der Waals surface area contributed by atoms with Gasteiger partial charge in [0.05, 0.1) is 13.0 Å². The average Bonchev–Trinajstić information content (AvgIpc) is 2.93. The quantitative estimate of drug-likeness (QED) is 0.616. The summed E-state index contributed by atoms with van der Waals surface area (Å²) >= 11 is 0. The summed E-state index contributed by atoms with van der Waals surface area (Å²) in [4.78, 5) is 23.5. The van der Waals surface area contributed by atoms with E-state index < -0.39 is 18.0 Å². The number of nitrogens with two attached hydrogens (primary N) is 1. The number of ether oxygens (including phenoxy) is 1. The molecule has 3 N–H and O–H groups in total. The van der Waals surface area contributed by atoms with E-state index in [1.165, 1.54) is 0 Å². The average molecular weight is 380 g/mol. The number of aromatic nitrogens is 1. The Kier molecular flexibility index (Phi) is 5.80. The van der Waals surface area contributed by atoms with Crippen molar-refractivity contribution in [1.29, 1.82) is 0 Å². The van der Waals surface area contributed by atoms with Gasteiger partial charge in [-0.1, -0.05) is 36.4 Å². The number of carbonyl (C=O) groups is 2. The molecule has 1 aromatic heterocycles. The Hall–Kier alpha value is -3.12. The van der Waals surface area contributed by atoms with Crippen LogP contribution in [-0.4, -0.2) is 28.2 Å². The number of primary amides is 1. The van der Waals surface area contributed by atoms with E-state index in [-0.39, 0.29) is 13.0 Å². The number of hydrogen-bond acceptors (Lipinski definition) is 4. The summed E-state index contributed by atoms with van der Waals surface area (Å²) in [5.74, 6) is -1.13. The zero-order valence-electron chi connectivity index (χ0n) is 16.0. The Bertz CT molecular complexity index is 1010. The molecule has 0 saturated carbocycles. The van der Waals surface area contributed by atoms with Crippen molar-refractivity contribution >= 4 is 22.8 Å². The van der Waals surface area contributed by atoms with Crippen LogP contribution >= 0.6 is 0 Å². The molecular formula is C22H24N2O4. The van der Waals surface area contributed by atoms with Crippen LogP contribution in [0.2, 0.25) is 0 Å². The highest BCUT2D eigenvalue weighted by molar-refractivity contribution is 5.91. The molecule has 2 aromatic carbocycles. The maximum absolute atomic E-state index is 11.9. The van der Waals surface area contributed by atoms with Gasteiger partial charge >= 0.3 is 5.97 Å². The van der Waals surface area contributed by atoms with Crippen LogP contribution in [0.3, 0.4) is 0 Å². The van der Waals surface area contributed by atoms with E-state index in [1.807, 2.05) is 43.3 Å². The van der Waals surface area contributed by atoms with Crippen LogP contribution in [0.25, 0.3) is 10.9 Å². The highest BCUT2D eigenvalue weighted by atomic mass is 16.5. The van der Waals surface area contributed by atoms with Crippen molar-refractivity contribution in [3.05, 3.63) is 70.9 Å². The molecule has 6 heteroatoms. The van der Waals surface area contributed by atoms with E-state index in [0.717, 1.165) is 27.7 Å². The van der Waals surface area contributed by atoms with Crippen LogP contribution in [0.5, 0.6) is 0 Å². The first-order chi connectivity index (χ1) is 13.4. The molecule has 0 aliphatic carbocycles. The molecule has 1 atom stereocenters. The number of nitrogens with zero attached hydrogens (tertiary/aromatic N) is 1. The summed E-state index contributed by atoms with van der Waals surface area (Å²) in [5, 5.41) is 11.1. The van der Waals surface area contributed by atoms with Gasteiger partial charge in [0.15, 0.2) is 6.10 Å². The van der Waals surface area contributed by atoms with E-state index in [1.54, 1.807) is 19.1 Å². The van der Waals surface area contributed by atoms with Crippen molar-refractivity contribution in [3.63, 3.8) is 0 Å². The summed E-state index contributed by atoms with van der Waals surface area (Å²) in [6.07, 6.45) is -1.29. The van der Waals surface area contributed by atoms with Crippen molar-refractivity contribution in [2.24, 2.45) is 5.73 Å². The van der Waals surface area contributed by atoms with Gasteiger partial charge < -0.3 is 20.1 Å². The fraction of sp³-hybridized carbons (Fsp3) is 0.273. The number of rotatable bonds is 7. The Morgan fingerprint density at radius 1 is 1.18 bits per heavy atom. The van der Waals surface area contributed by atoms with E-state index >= 15 is 0 Å². The normalized spacial score (nSPS) is 12.1. The highest BCUT2D eigenvalue weighted by Gasteiger charge is 2.22. The lowest BCUT2D eigenvalue weighted by molar-refractivity contribution is -0.153. The molecule has 3 rings (SSSR count). The van der Waals surface area contributed by atoms with Gasteiger partial charge in [0.25, 0.3) is 0 Å². The molecular weight excluding hydrogens is 356 g/mol. The Morgan fingerprint density at radius 3 is 2.54 bits per heavy atom. The minimum Gasteiger partial charge on any atom is -0.464 e. The predicted molar refractivity (Wildman–Crippen MR) is 107 cm³/mol. The molecule has 1 unspecified atom stereocenters. The van der Waals surface area contributed by atoms with Crippen LogP contribution in [0.15, 0.2) is 48.5 Å². The predicted octanol–water partition coefficient (Wildman–Crippen LogP) is 2.62. The third-order valence-corrected chi connectivity index (χ3v) is 4.84. The first kappa shape index (κ1) is 19.6. The number of aliphatic hydroxyl groups excluding tert-OH is 1. The van der Waals surface area contributed by atoms with E-state index in [0.29, 0.717) is 12.1 Å². The molecule has 1 heterocycles. The third-order valence-electron chi connectivity index (χ3n) is 4.84. The maximum atomic E-state index is 11.9. The van der Waals surface area contributed by atoms with Gasteiger partial charge in [-0.15, -0.1) is 0 Å². The van der Waals surface area contributed by atoms with Crippen LogP contribution in [0.1, 0.15) is 35.4 Å². The van der Waals surface area contributed by atoms with Gasteiger partial charge in [-0.3, -0.25) is 4.79 Å². The van der Waals surface area contributed by atoms with Crippen molar-refractivity contribution in [1.82, 2.24) is 4.57 Å². The lowest BCUT2D eigenvalue weighted by Gasteiger charge is -2.11. The van der Waals surface area contributed by atoms with Gasteiger partial charge in [-0.25, -0.2) is 4.79 Å². The molecule has 0 saturated heterocycles. The zero-order chi connectivity index (χ0) is 20.3. The fourth-order valence-corrected chi connectivity index (χ4v) is 3.46. The summed E-state index contributed by atoms with van der Waals surface area (Å²) in [5.41, 5.74) is 9.66. The van der Waals surface area contributed by atoms with Crippen LogP contribution in [0, 0.1) is 6.92 Å². The van der Waals surface area contributed by atoms with E-state index in [4.69, 9.17) is 10.5 Å². The van der Waals surface area contributed by atoms with Gasteiger partial charge in [0.2, 0.25) is 5.91 Å². The Balaban J connectivity index is 2.10. The number of hydrogen-bond donors (Lipinski definition) is 2. The number of carbonyl (C=O) groups excluding carboxylic acids is 2. The molecule has 1 amide bonds. The minimum absolute atomic E-state index is 0.0864. The molecule has 0 bridgehead atoms. The number of fused-ring (bicyclic) bond motifs is 1. The molecule has 0 aliphatic heterocycles. The summed E-state index contributed by atoms with van der Waals surface area (Å²) in [7, 11) is 0. The van der Waals surface area contributed by atoms with E-state index in [9.17, 15) is 14.7 Å². The van der Waals surface area contributed by atoms with Crippen molar-refractivity contribution < 1.29 is 19.4 Å². The Morgan fingerprint density at radius 2 is 1.89 bits per heavy atom. The lowest BCUT2D eigenvalue weighted by Crippen LogP contribution is -2.15. The first-order valence-electron chi connectivity index (χ1n) is 9.21. The van der Waals surface area contributed by atoms with Gasteiger partial charge in [0.1, 0.15) is 0 Å². The molecule has 0 radical (unpaired) electrons. The van der Waals surface area contributed by atoms with Crippen molar-refractivity contribution in [2.75, 3.05) is 6.61 Å². The second-order valence-electron chi connectivity index (χ2n) is 6.71. The molecule has 28 heavy (non-hydrogen) atoms. The monoisotopic (exact) mass is 380 g/mol. The fourth-order valence-electron chi connectivity index (χ4n) is 3.46. The smallest absolute Gasteiger partial charge is 0.339 e. The summed E-state index contributed by atoms with van der Waals surface area (Å²) in [6, 6.07) is 15.3. The lowest BCUT2D eigenvalue weighted by atomic mass is 10.0.